The molecule has 2 aromatic rings. The molecule has 1 aromatic carbocycles. The first-order valence-corrected chi connectivity index (χ1v) is 10.7. The maximum absolute atomic E-state index is 13.7. The van der Waals surface area contributed by atoms with Gasteiger partial charge < -0.3 is 14.7 Å². The summed E-state index contributed by atoms with van der Waals surface area (Å²) in [7, 11) is 0. The molecule has 0 spiro atoms. The lowest BCUT2D eigenvalue weighted by Crippen LogP contribution is -2.57. The van der Waals surface area contributed by atoms with Gasteiger partial charge in [-0.05, 0) is 18.4 Å². The highest BCUT2D eigenvalue weighted by atomic mass is 32.1. The van der Waals surface area contributed by atoms with Gasteiger partial charge >= 0.3 is 0 Å². The molecule has 6 nitrogen and oxygen atoms in total. The molecule has 1 aromatic heterocycles. The number of thiazole rings is 1. The van der Waals surface area contributed by atoms with Gasteiger partial charge in [-0.25, -0.2) is 4.98 Å². The Morgan fingerprint density at radius 1 is 0.964 bits per heavy atom. The number of amides is 2. The van der Waals surface area contributed by atoms with Gasteiger partial charge in [0.1, 0.15) is 0 Å². The van der Waals surface area contributed by atoms with Crippen LogP contribution in [0.25, 0.3) is 0 Å². The van der Waals surface area contributed by atoms with Gasteiger partial charge in [-0.1, -0.05) is 30.3 Å². The summed E-state index contributed by atoms with van der Waals surface area (Å²) in [5.41, 5.74) is 0.543. The second-order valence-corrected chi connectivity index (χ2v) is 8.42. The topological polar surface area (TPSA) is 56.8 Å². The van der Waals surface area contributed by atoms with E-state index in [4.69, 9.17) is 0 Å². The molecule has 2 amide bonds. The Hall–Kier alpha value is -2.41. The second-order valence-electron chi connectivity index (χ2n) is 7.55. The van der Waals surface area contributed by atoms with Crippen LogP contribution >= 0.6 is 11.3 Å². The predicted octanol–water partition coefficient (Wildman–Crippen LogP) is 2.37. The van der Waals surface area contributed by atoms with Crippen molar-refractivity contribution in [2.75, 3.05) is 44.2 Å². The Bertz CT molecular complexity index is 808. The number of carbonyl (C=O) groups is 2. The lowest BCUT2D eigenvalue weighted by Gasteiger charge is -2.45. The molecule has 3 heterocycles. The summed E-state index contributed by atoms with van der Waals surface area (Å²) in [5, 5.41) is 3.01. The van der Waals surface area contributed by atoms with Crippen LogP contribution in [0.5, 0.6) is 0 Å². The number of piperidine rings is 1. The fourth-order valence-corrected chi connectivity index (χ4v) is 5.06. The first-order valence-electron chi connectivity index (χ1n) is 9.85. The lowest BCUT2D eigenvalue weighted by molar-refractivity contribution is -0.142. The summed E-state index contributed by atoms with van der Waals surface area (Å²) >= 11 is 1.64. The van der Waals surface area contributed by atoms with Crippen molar-refractivity contribution in [1.82, 2.24) is 14.8 Å². The molecule has 2 fully saturated rings. The fourth-order valence-electron chi connectivity index (χ4n) is 4.36. The number of piperazine rings is 1. The second kappa shape index (κ2) is 7.91. The summed E-state index contributed by atoms with van der Waals surface area (Å²) in [6.45, 7) is 5.92. The zero-order valence-electron chi connectivity index (χ0n) is 16.2. The first-order chi connectivity index (χ1) is 13.6. The molecule has 0 aliphatic carbocycles. The number of anilines is 1. The van der Waals surface area contributed by atoms with Gasteiger partial charge in [0.15, 0.2) is 5.13 Å². The van der Waals surface area contributed by atoms with Crippen molar-refractivity contribution < 1.29 is 9.59 Å². The number of aromatic nitrogens is 1. The Morgan fingerprint density at radius 3 is 2.21 bits per heavy atom. The molecule has 4 rings (SSSR count). The molecule has 7 heteroatoms. The molecular formula is C21H26N4O2S. The standard InChI is InChI=1S/C21H26N4O2S/c1-17(26)23-10-7-21(8-11-23,18-5-3-2-4-6-18)19(27)24-12-14-25(15-13-24)20-22-9-16-28-20/h2-6,9,16H,7-8,10-15H2,1H3. The van der Waals surface area contributed by atoms with Crippen LogP contribution < -0.4 is 4.90 Å². The lowest BCUT2D eigenvalue weighted by atomic mass is 9.71. The van der Waals surface area contributed by atoms with Crippen molar-refractivity contribution in [3.05, 3.63) is 47.5 Å². The Balaban J connectivity index is 1.52. The van der Waals surface area contributed by atoms with Gasteiger partial charge in [0, 0.05) is 57.8 Å². The number of benzene rings is 1. The predicted molar refractivity (Wildman–Crippen MR) is 111 cm³/mol. The van der Waals surface area contributed by atoms with Gasteiger partial charge in [0.25, 0.3) is 0 Å². The molecule has 0 unspecified atom stereocenters. The molecule has 0 radical (unpaired) electrons. The summed E-state index contributed by atoms with van der Waals surface area (Å²) in [6, 6.07) is 10.1. The van der Waals surface area contributed by atoms with E-state index in [2.05, 4.69) is 22.0 Å². The van der Waals surface area contributed by atoms with Crippen LogP contribution in [-0.4, -0.2) is 65.9 Å². The highest BCUT2D eigenvalue weighted by molar-refractivity contribution is 7.13. The molecule has 0 N–H and O–H groups in total. The average molecular weight is 399 g/mol. The largest absolute Gasteiger partial charge is 0.345 e. The average Bonchev–Trinajstić information content (AvgIpc) is 3.29. The van der Waals surface area contributed by atoms with Gasteiger partial charge in [-0.15, -0.1) is 11.3 Å². The minimum Gasteiger partial charge on any atom is -0.345 e. The van der Waals surface area contributed by atoms with Crippen molar-refractivity contribution in [3.8, 4) is 0 Å². The molecule has 28 heavy (non-hydrogen) atoms. The monoisotopic (exact) mass is 398 g/mol. The van der Waals surface area contributed by atoms with Gasteiger partial charge in [-0.2, -0.15) is 0 Å². The third kappa shape index (κ3) is 3.51. The molecule has 2 aliphatic rings. The Morgan fingerprint density at radius 2 is 1.64 bits per heavy atom. The smallest absolute Gasteiger partial charge is 0.233 e. The van der Waals surface area contributed by atoms with Crippen LogP contribution in [0.15, 0.2) is 41.9 Å². The van der Waals surface area contributed by atoms with Crippen LogP contribution in [0.2, 0.25) is 0 Å². The van der Waals surface area contributed by atoms with E-state index in [0.717, 1.165) is 23.8 Å². The molecular weight excluding hydrogens is 372 g/mol. The molecule has 0 bridgehead atoms. The quantitative estimate of drug-likeness (QED) is 0.797. The van der Waals surface area contributed by atoms with E-state index >= 15 is 0 Å². The number of likely N-dealkylation sites (tertiary alicyclic amines) is 1. The Labute approximate surface area is 169 Å². The normalized spacial score (nSPS) is 19.5. The zero-order chi connectivity index (χ0) is 19.6. The van der Waals surface area contributed by atoms with Crippen molar-refractivity contribution in [2.45, 2.75) is 25.2 Å². The zero-order valence-corrected chi connectivity index (χ0v) is 17.0. The van der Waals surface area contributed by atoms with Crippen LogP contribution in [0.4, 0.5) is 5.13 Å². The molecule has 2 saturated heterocycles. The van der Waals surface area contributed by atoms with E-state index in [1.54, 1.807) is 18.3 Å². The maximum Gasteiger partial charge on any atom is 0.233 e. The van der Waals surface area contributed by atoms with Crippen LogP contribution in [0.1, 0.15) is 25.3 Å². The van der Waals surface area contributed by atoms with Gasteiger partial charge in [0.05, 0.1) is 5.41 Å². The van der Waals surface area contributed by atoms with Crippen LogP contribution in [0, 0.1) is 0 Å². The highest BCUT2D eigenvalue weighted by Crippen LogP contribution is 2.38. The number of carbonyl (C=O) groups excluding carboxylic acids is 2. The van der Waals surface area contributed by atoms with E-state index in [1.807, 2.05) is 39.6 Å². The molecule has 0 atom stereocenters. The van der Waals surface area contributed by atoms with E-state index in [9.17, 15) is 9.59 Å². The number of nitrogens with zero attached hydrogens (tertiary/aromatic N) is 4. The van der Waals surface area contributed by atoms with Crippen molar-refractivity contribution in [3.63, 3.8) is 0 Å². The minimum absolute atomic E-state index is 0.0890. The number of rotatable bonds is 3. The fraction of sp³-hybridized carbons (Fsp3) is 0.476. The van der Waals surface area contributed by atoms with E-state index < -0.39 is 5.41 Å². The Kier molecular flexibility index (Phi) is 5.35. The molecule has 0 saturated carbocycles. The minimum atomic E-state index is -0.531. The summed E-state index contributed by atoms with van der Waals surface area (Å²) < 4.78 is 0. The maximum atomic E-state index is 13.7. The van der Waals surface area contributed by atoms with Gasteiger partial charge in [-0.3, -0.25) is 9.59 Å². The summed E-state index contributed by atoms with van der Waals surface area (Å²) in [4.78, 5) is 36.0. The van der Waals surface area contributed by atoms with E-state index in [1.165, 1.54) is 0 Å². The van der Waals surface area contributed by atoms with E-state index in [0.29, 0.717) is 39.0 Å². The third-order valence-electron chi connectivity index (χ3n) is 6.05. The summed E-state index contributed by atoms with van der Waals surface area (Å²) in [5.74, 6) is 0.298. The summed E-state index contributed by atoms with van der Waals surface area (Å²) in [6.07, 6.45) is 3.19. The van der Waals surface area contributed by atoms with Gasteiger partial charge in [0.2, 0.25) is 11.8 Å². The first kappa shape index (κ1) is 18.9. The van der Waals surface area contributed by atoms with Crippen LogP contribution in [-0.2, 0) is 15.0 Å². The highest BCUT2D eigenvalue weighted by Gasteiger charge is 2.45. The SMILES string of the molecule is CC(=O)N1CCC(C(=O)N2CCN(c3nccs3)CC2)(c2ccccc2)CC1. The number of hydrogen-bond acceptors (Lipinski definition) is 5. The van der Waals surface area contributed by atoms with Crippen molar-refractivity contribution >= 4 is 28.3 Å². The van der Waals surface area contributed by atoms with E-state index in [-0.39, 0.29) is 11.8 Å². The van der Waals surface area contributed by atoms with Crippen LogP contribution in [0.3, 0.4) is 0 Å². The third-order valence-corrected chi connectivity index (χ3v) is 6.89. The molecule has 148 valence electrons. The number of hydrogen-bond donors (Lipinski definition) is 0. The molecule has 2 aliphatic heterocycles. The van der Waals surface area contributed by atoms with Crippen molar-refractivity contribution in [2.24, 2.45) is 0 Å². The van der Waals surface area contributed by atoms with Crippen molar-refractivity contribution in [1.29, 1.82) is 0 Å².